The van der Waals surface area contributed by atoms with E-state index >= 15 is 0 Å². The van der Waals surface area contributed by atoms with Gasteiger partial charge in [0.25, 0.3) is 0 Å². The predicted octanol–water partition coefficient (Wildman–Crippen LogP) is 6.82. The van der Waals surface area contributed by atoms with Crippen LogP contribution in [0.2, 0.25) is 0 Å². The highest BCUT2D eigenvalue weighted by molar-refractivity contribution is 5.84. The molecule has 0 amide bonds. The number of aromatic amines is 2. The molecule has 1 aliphatic rings. The van der Waals surface area contributed by atoms with Crippen molar-refractivity contribution in [2.75, 3.05) is 13.1 Å². The Bertz CT molecular complexity index is 1370. The number of aryl methyl sites for hydroxylation is 2. The molecule has 0 unspecified atom stereocenters. The van der Waals surface area contributed by atoms with Crippen LogP contribution in [0.1, 0.15) is 40.9 Å². The Labute approximate surface area is 201 Å². The summed E-state index contributed by atoms with van der Waals surface area (Å²) in [5, 5.41) is 2.72. The van der Waals surface area contributed by atoms with Crippen LogP contribution in [0.15, 0.2) is 78.9 Å². The number of nitrogens with zero attached hydrogens (tertiary/aromatic N) is 1. The van der Waals surface area contributed by atoms with E-state index in [9.17, 15) is 0 Å². The first-order chi connectivity index (χ1) is 16.8. The molecule has 3 nitrogen and oxygen atoms in total. The van der Waals surface area contributed by atoms with Crippen LogP contribution in [0.3, 0.4) is 0 Å². The molecule has 2 N–H and O–H groups in total. The van der Waals surface area contributed by atoms with Gasteiger partial charge in [-0.25, -0.2) is 0 Å². The first-order valence-electron chi connectivity index (χ1n) is 12.8. The molecule has 3 heteroatoms. The van der Waals surface area contributed by atoms with E-state index in [1.54, 1.807) is 0 Å². The number of nitrogens with one attached hydrogen (secondary N) is 2. The molecule has 1 aliphatic heterocycles. The van der Waals surface area contributed by atoms with Crippen molar-refractivity contribution in [1.82, 2.24) is 14.9 Å². The first kappa shape index (κ1) is 21.2. The van der Waals surface area contributed by atoms with Crippen LogP contribution in [0, 0.1) is 0 Å². The van der Waals surface area contributed by atoms with E-state index in [0.29, 0.717) is 0 Å². The number of aromatic nitrogens is 2. The van der Waals surface area contributed by atoms with Gasteiger partial charge in [-0.3, -0.25) is 4.90 Å². The molecule has 0 saturated heterocycles. The van der Waals surface area contributed by atoms with Crippen molar-refractivity contribution < 1.29 is 0 Å². The number of hydrogen-bond acceptors (Lipinski definition) is 1. The fraction of sp³-hybridized carbons (Fsp3) is 0.290. The van der Waals surface area contributed by atoms with Crippen molar-refractivity contribution in [2.45, 2.75) is 45.1 Å². The molecule has 172 valence electrons. The standard InChI is InChI=1S/C31H33N3/c1-2-11-25-22-34(19-17-23(25)9-1)20-18-28-27-13-5-8-16-30(27)33-31(28)15-7-4-12-26-21-24-10-3-6-14-29(24)32-26/h1-3,5-6,8-11,13-14,16,21,32-33H,4,7,12,15,17-20,22H2. The van der Waals surface area contributed by atoms with Crippen molar-refractivity contribution in [3.8, 4) is 0 Å². The molecule has 0 atom stereocenters. The summed E-state index contributed by atoms with van der Waals surface area (Å²) in [7, 11) is 0. The van der Waals surface area contributed by atoms with Crippen LogP contribution in [-0.2, 0) is 32.2 Å². The minimum atomic E-state index is 1.08. The van der Waals surface area contributed by atoms with E-state index in [2.05, 4.69) is 93.7 Å². The van der Waals surface area contributed by atoms with Gasteiger partial charge in [-0.05, 0) is 78.8 Å². The summed E-state index contributed by atoms with van der Waals surface area (Å²) >= 11 is 0. The van der Waals surface area contributed by atoms with Crippen LogP contribution in [0.25, 0.3) is 21.8 Å². The van der Waals surface area contributed by atoms with Gasteiger partial charge in [-0.1, -0.05) is 60.7 Å². The summed E-state index contributed by atoms with van der Waals surface area (Å²) in [6, 6.07) is 28.6. The largest absolute Gasteiger partial charge is 0.358 e. The van der Waals surface area contributed by atoms with Gasteiger partial charge in [0.2, 0.25) is 0 Å². The summed E-state index contributed by atoms with van der Waals surface area (Å²) in [6.07, 6.45) is 6.91. The Balaban J connectivity index is 1.11. The minimum Gasteiger partial charge on any atom is -0.358 e. The van der Waals surface area contributed by atoms with Gasteiger partial charge < -0.3 is 9.97 Å². The van der Waals surface area contributed by atoms with E-state index in [-0.39, 0.29) is 0 Å². The second-order valence-electron chi connectivity index (χ2n) is 9.76. The lowest BCUT2D eigenvalue weighted by Gasteiger charge is -2.28. The van der Waals surface area contributed by atoms with E-state index in [1.165, 1.54) is 75.7 Å². The van der Waals surface area contributed by atoms with Crippen molar-refractivity contribution in [3.63, 3.8) is 0 Å². The molecule has 34 heavy (non-hydrogen) atoms. The molecule has 3 aromatic carbocycles. The van der Waals surface area contributed by atoms with Crippen LogP contribution in [-0.4, -0.2) is 28.0 Å². The zero-order chi connectivity index (χ0) is 22.7. The van der Waals surface area contributed by atoms with Gasteiger partial charge >= 0.3 is 0 Å². The fourth-order valence-corrected chi connectivity index (χ4v) is 5.66. The van der Waals surface area contributed by atoms with E-state index in [4.69, 9.17) is 0 Å². The Morgan fingerprint density at radius 1 is 0.706 bits per heavy atom. The highest BCUT2D eigenvalue weighted by Crippen LogP contribution is 2.26. The summed E-state index contributed by atoms with van der Waals surface area (Å²) in [4.78, 5) is 9.97. The third-order valence-electron chi connectivity index (χ3n) is 7.50. The maximum Gasteiger partial charge on any atom is 0.0458 e. The second kappa shape index (κ2) is 9.52. The van der Waals surface area contributed by atoms with Crippen molar-refractivity contribution in [1.29, 1.82) is 0 Å². The lowest BCUT2D eigenvalue weighted by molar-refractivity contribution is 0.257. The van der Waals surface area contributed by atoms with E-state index < -0.39 is 0 Å². The minimum absolute atomic E-state index is 1.08. The highest BCUT2D eigenvalue weighted by atomic mass is 15.1. The maximum atomic E-state index is 3.76. The van der Waals surface area contributed by atoms with Gasteiger partial charge in [-0.2, -0.15) is 0 Å². The van der Waals surface area contributed by atoms with Gasteiger partial charge in [0.05, 0.1) is 0 Å². The monoisotopic (exact) mass is 447 g/mol. The number of rotatable bonds is 8. The average molecular weight is 448 g/mol. The van der Waals surface area contributed by atoms with Crippen LogP contribution in [0.5, 0.6) is 0 Å². The SMILES string of the molecule is c1ccc2c(c1)CCN(CCc1c(CCCCc3cc4ccccc4[nH]3)[nH]c3ccccc13)C2. The zero-order valence-electron chi connectivity index (χ0n) is 19.8. The molecule has 0 aliphatic carbocycles. The number of H-pyrrole nitrogens is 2. The molecule has 2 aromatic heterocycles. The van der Waals surface area contributed by atoms with E-state index in [0.717, 1.165) is 32.4 Å². The number of fused-ring (bicyclic) bond motifs is 3. The van der Waals surface area contributed by atoms with Gasteiger partial charge in [0.1, 0.15) is 0 Å². The van der Waals surface area contributed by atoms with Crippen molar-refractivity contribution >= 4 is 21.8 Å². The first-order valence-corrected chi connectivity index (χ1v) is 12.8. The highest BCUT2D eigenvalue weighted by Gasteiger charge is 2.17. The quantitative estimate of drug-likeness (QED) is 0.252. The molecule has 3 heterocycles. The third kappa shape index (κ3) is 4.41. The average Bonchev–Trinajstić information content (AvgIpc) is 3.46. The molecule has 0 bridgehead atoms. The number of benzene rings is 3. The van der Waals surface area contributed by atoms with Gasteiger partial charge in [-0.15, -0.1) is 0 Å². The molecule has 0 fully saturated rings. The maximum absolute atomic E-state index is 3.76. The number of unbranched alkanes of at least 4 members (excludes halogenated alkanes) is 1. The molecular formula is C31H33N3. The Morgan fingerprint density at radius 2 is 1.47 bits per heavy atom. The zero-order valence-corrected chi connectivity index (χ0v) is 19.8. The second-order valence-corrected chi connectivity index (χ2v) is 9.76. The van der Waals surface area contributed by atoms with Gasteiger partial charge in [0.15, 0.2) is 0 Å². The van der Waals surface area contributed by atoms with Crippen molar-refractivity contribution in [2.24, 2.45) is 0 Å². The lowest BCUT2D eigenvalue weighted by atomic mass is 9.98. The Kier molecular flexibility index (Phi) is 5.95. The lowest BCUT2D eigenvalue weighted by Crippen LogP contribution is -2.32. The third-order valence-corrected chi connectivity index (χ3v) is 7.50. The Morgan fingerprint density at radius 3 is 2.38 bits per heavy atom. The molecule has 5 aromatic rings. The summed E-state index contributed by atoms with van der Waals surface area (Å²) < 4.78 is 0. The van der Waals surface area contributed by atoms with E-state index in [1.807, 2.05) is 0 Å². The number of hydrogen-bond donors (Lipinski definition) is 2. The normalized spacial score (nSPS) is 14.1. The molecular weight excluding hydrogens is 414 g/mol. The topological polar surface area (TPSA) is 34.8 Å². The fourth-order valence-electron chi connectivity index (χ4n) is 5.66. The molecule has 6 rings (SSSR count). The molecule has 0 saturated carbocycles. The molecule has 0 spiro atoms. The summed E-state index contributed by atoms with van der Waals surface area (Å²) in [5.74, 6) is 0. The summed E-state index contributed by atoms with van der Waals surface area (Å²) in [6.45, 7) is 3.37. The van der Waals surface area contributed by atoms with Crippen LogP contribution in [0.4, 0.5) is 0 Å². The van der Waals surface area contributed by atoms with Crippen LogP contribution >= 0.6 is 0 Å². The van der Waals surface area contributed by atoms with Crippen molar-refractivity contribution in [3.05, 3.63) is 107 Å². The Hall–Kier alpha value is -3.30. The number of para-hydroxylation sites is 2. The van der Waals surface area contributed by atoms with Crippen LogP contribution < -0.4 is 0 Å². The van der Waals surface area contributed by atoms with Gasteiger partial charge in [0, 0.05) is 47.4 Å². The molecule has 0 radical (unpaired) electrons. The smallest absolute Gasteiger partial charge is 0.0458 e. The predicted molar refractivity (Wildman–Crippen MR) is 142 cm³/mol. The summed E-state index contributed by atoms with van der Waals surface area (Å²) in [5.41, 5.74) is 9.88.